The Balaban J connectivity index is 1.99. The first kappa shape index (κ1) is 21.5. The zero-order chi connectivity index (χ0) is 20.4. The minimum Gasteiger partial charge on any atom is -0.858 e. The third kappa shape index (κ3) is 5.34. The lowest BCUT2D eigenvalue weighted by atomic mass is 10.2. The van der Waals surface area contributed by atoms with Gasteiger partial charge in [0.1, 0.15) is 18.4 Å². The molecule has 2 rings (SSSR count). The molecule has 2 heterocycles. The van der Waals surface area contributed by atoms with Crippen LogP contribution in [0.4, 0.5) is 0 Å². The molecule has 0 bridgehead atoms. The van der Waals surface area contributed by atoms with Crippen molar-refractivity contribution in [3.05, 3.63) is 22.2 Å². The molecule has 1 saturated heterocycles. The summed E-state index contributed by atoms with van der Waals surface area (Å²) in [5, 5.41) is 23.5. The Morgan fingerprint density at radius 2 is 2.30 bits per heavy atom. The van der Waals surface area contributed by atoms with E-state index in [9.17, 15) is 29.3 Å². The van der Waals surface area contributed by atoms with Gasteiger partial charge in [0, 0.05) is 12.6 Å². The normalized spacial score (nSPS) is 25.7. The van der Waals surface area contributed by atoms with E-state index in [4.69, 9.17) is 9.26 Å². The summed E-state index contributed by atoms with van der Waals surface area (Å²) in [7, 11) is -3.25. The van der Waals surface area contributed by atoms with Gasteiger partial charge >= 0.3 is 19.4 Å². The number of nitrogens with zero attached hydrogens (tertiary/aromatic N) is 2. The third-order valence-electron chi connectivity index (χ3n) is 3.93. The zero-order valence-corrected chi connectivity index (χ0v) is 15.8. The first-order chi connectivity index (χ1) is 12.5. The fourth-order valence-corrected chi connectivity index (χ4v) is 3.50. The maximum atomic E-state index is 12.0. The summed E-state index contributed by atoms with van der Waals surface area (Å²) < 4.78 is 27.8. The number of aryl methyl sites for hydroxylation is 1. The van der Waals surface area contributed by atoms with Gasteiger partial charge in [0.15, 0.2) is 0 Å². The molecule has 1 aromatic rings. The van der Waals surface area contributed by atoms with E-state index >= 15 is 0 Å². The molecule has 27 heavy (non-hydrogen) atoms. The Kier molecular flexibility index (Phi) is 6.73. The highest BCUT2D eigenvalue weighted by atomic mass is 31.2. The molecule has 0 spiro atoms. The molecule has 1 fully saturated rings. The molecular weight excluding hydrogens is 385 g/mol. The maximum Gasteiger partial charge on any atom is 0.403 e. The number of aliphatic hydroxyl groups excluding tert-OH is 1. The number of carbonyl (C=O) groups excluding carboxylic acids is 1. The molecule has 13 heteroatoms. The van der Waals surface area contributed by atoms with E-state index in [1.807, 2.05) is 0 Å². The summed E-state index contributed by atoms with van der Waals surface area (Å²) in [5.41, 5.74) is -0.598. The summed E-state index contributed by atoms with van der Waals surface area (Å²) in [5.74, 6) is -1.41. The number of hydrogen-bond donors (Lipinski definition) is 3. The van der Waals surface area contributed by atoms with Crippen LogP contribution in [0.2, 0.25) is 0 Å². The van der Waals surface area contributed by atoms with Gasteiger partial charge < -0.3 is 24.6 Å². The Morgan fingerprint density at radius 1 is 1.63 bits per heavy atom. The van der Waals surface area contributed by atoms with Crippen LogP contribution in [0.1, 0.15) is 25.1 Å². The van der Waals surface area contributed by atoms with Crippen molar-refractivity contribution in [3.63, 3.8) is 0 Å². The van der Waals surface area contributed by atoms with Crippen LogP contribution in [0.25, 0.3) is 0 Å². The first-order valence-electron chi connectivity index (χ1n) is 7.97. The molecule has 152 valence electrons. The van der Waals surface area contributed by atoms with Gasteiger partial charge in [0.2, 0.25) is 0 Å². The molecule has 12 nitrogen and oxygen atoms in total. The molecule has 3 N–H and O–H groups in total. The van der Waals surface area contributed by atoms with Gasteiger partial charge in [-0.15, -0.1) is 0 Å². The van der Waals surface area contributed by atoms with Gasteiger partial charge in [-0.05, 0) is 25.3 Å². The summed E-state index contributed by atoms with van der Waals surface area (Å²) in [6.45, 7) is 2.32. The summed E-state index contributed by atoms with van der Waals surface area (Å²) in [6, 6.07) is -1.09. The second-order valence-corrected chi connectivity index (χ2v) is 7.60. The minimum absolute atomic E-state index is 0.00498. The highest BCUT2D eigenvalue weighted by Gasteiger charge is 2.37. The number of ether oxygens (including phenoxy) is 2. The van der Waals surface area contributed by atoms with Crippen LogP contribution in [-0.2, 0) is 23.4 Å². The number of aliphatic hydroxyl groups is 1. The van der Waals surface area contributed by atoms with Gasteiger partial charge in [0.05, 0.1) is 19.8 Å². The zero-order valence-electron chi connectivity index (χ0n) is 14.9. The molecule has 1 aliphatic heterocycles. The van der Waals surface area contributed by atoms with Crippen molar-refractivity contribution in [3.8, 4) is 5.88 Å². The number of esters is 1. The van der Waals surface area contributed by atoms with Gasteiger partial charge in [-0.25, -0.2) is 19.4 Å². The summed E-state index contributed by atoms with van der Waals surface area (Å²) in [6.07, 6.45) is -1.74. The number of methoxy groups -OCH3 is 1. The van der Waals surface area contributed by atoms with Crippen molar-refractivity contribution in [2.24, 2.45) is 0 Å². The highest BCUT2D eigenvalue weighted by Crippen LogP contribution is 2.39. The fourth-order valence-electron chi connectivity index (χ4n) is 2.48. The van der Waals surface area contributed by atoms with E-state index < -0.39 is 56.4 Å². The van der Waals surface area contributed by atoms with Crippen LogP contribution in [0, 0.1) is 6.92 Å². The fraction of sp³-hybridized carbons (Fsp3) is 0.643. The third-order valence-corrected chi connectivity index (χ3v) is 5.14. The summed E-state index contributed by atoms with van der Waals surface area (Å²) in [4.78, 5) is 36.2. The molecule has 1 aromatic heterocycles. The van der Waals surface area contributed by atoms with Crippen molar-refractivity contribution in [2.75, 3.05) is 13.7 Å². The standard InChI is InChI=1S/C14H22N3O9P/c1-7-5-17(14(21)15-12(7)19)11-4-9(18)10(26-11)6-25-27(22,23)16-8(2)13(20)24-3/h5,8-11,18H,4,6H2,1-3H3,(H,15,19,21)(H2,16,22,23)/p-1/t8-,9-,10+,11+/m0/s1. The number of hydrogen-bond acceptors (Lipinski definition) is 9. The van der Waals surface area contributed by atoms with Crippen LogP contribution >= 0.6 is 7.75 Å². The number of carbonyl (C=O) groups is 1. The minimum atomic E-state index is -4.37. The SMILES string of the molecule is COC(=O)[C@H](C)NP(=O)(O)OC[C@H]1O[C@@H](n2cc(C)c([O-])nc2=O)C[C@@H]1O. The number of aromatic nitrogens is 2. The van der Waals surface area contributed by atoms with E-state index in [-0.39, 0.29) is 12.0 Å². The second kappa shape index (κ2) is 8.46. The van der Waals surface area contributed by atoms with Crippen molar-refractivity contribution in [2.45, 2.75) is 44.7 Å². The lowest BCUT2D eigenvalue weighted by molar-refractivity contribution is -0.276. The Morgan fingerprint density at radius 3 is 2.93 bits per heavy atom. The van der Waals surface area contributed by atoms with Crippen LogP contribution in [0.15, 0.2) is 11.0 Å². The lowest BCUT2D eigenvalue weighted by Crippen LogP contribution is -2.34. The van der Waals surface area contributed by atoms with E-state index in [1.165, 1.54) is 20.0 Å². The summed E-state index contributed by atoms with van der Waals surface area (Å²) >= 11 is 0. The highest BCUT2D eigenvalue weighted by molar-refractivity contribution is 7.50. The van der Waals surface area contributed by atoms with E-state index in [1.54, 1.807) is 0 Å². The predicted molar refractivity (Wildman–Crippen MR) is 87.6 cm³/mol. The van der Waals surface area contributed by atoms with Crippen molar-refractivity contribution in [1.82, 2.24) is 14.6 Å². The maximum absolute atomic E-state index is 12.0. The number of nitrogens with one attached hydrogen (secondary N) is 1. The van der Waals surface area contributed by atoms with Gasteiger partial charge in [-0.1, -0.05) is 0 Å². The molecule has 5 atom stereocenters. The van der Waals surface area contributed by atoms with Crippen LogP contribution < -0.4 is 15.9 Å². The molecular formula is C14H21N3O9P-. The lowest BCUT2D eigenvalue weighted by Gasteiger charge is -2.21. The molecule has 1 aliphatic rings. The largest absolute Gasteiger partial charge is 0.858 e. The average Bonchev–Trinajstić information content (AvgIpc) is 2.95. The molecule has 0 saturated carbocycles. The number of rotatable bonds is 7. The van der Waals surface area contributed by atoms with Crippen molar-refractivity contribution >= 4 is 13.7 Å². The average molecular weight is 406 g/mol. The Hall–Kier alpha value is -1.82. The Labute approximate surface area is 154 Å². The quantitative estimate of drug-likeness (QED) is 0.357. The molecule has 1 unspecified atom stereocenters. The Bertz CT molecular complexity index is 799. The smallest absolute Gasteiger partial charge is 0.403 e. The van der Waals surface area contributed by atoms with Gasteiger partial charge in [0.25, 0.3) is 0 Å². The second-order valence-electron chi connectivity index (χ2n) is 6.04. The predicted octanol–water partition coefficient (Wildman–Crippen LogP) is -1.46. The molecule has 0 aliphatic carbocycles. The van der Waals surface area contributed by atoms with E-state index in [2.05, 4.69) is 14.8 Å². The first-order valence-corrected chi connectivity index (χ1v) is 9.55. The van der Waals surface area contributed by atoms with Gasteiger partial charge in [-0.3, -0.25) is 13.9 Å². The van der Waals surface area contributed by atoms with Crippen molar-refractivity contribution < 1.29 is 38.5 Å². The molecule has 0 aromatic carbocycles. The monoisotopic (exact) mass is 406 g/mol. The van der Waals surface area contributed by atoms with E-state index in [0.29, 0.717) is 0 Å². The van der Waals surface area contributed by atoms with Crippen LogP contribution in [0.5, 0.6) is 5.88 Å². The van der Waals surface area contributed by atoms with Crippen LogP contribution in [0.3, 0.4) is 0 Å². The van der Waals surface area contributed by atoms with E-state index in [0.717, 1.165) is 11.7 Å². The molecule has 0 radical (unpaired) electrons. The molecule has 0 amide bonds. The van der Waals surface area contributed by atoms with Crippen molar-refractivity contribution in [1.29, 1.82) is 0 Å². The van der Waals surface area contributed by atoms with Gasteiger partial charge in [-0.2, -0.15) is 0 Å². The van der Waals surface area contributed by atoms with Crippen LogP contribution in [-0.4, -0.2) is 57.5 Å². The topological polar surface area (TPSA) is 172 Å².